The van der Waals surface area contributed by atoms with E-state index in [1.165, 1.54) is 6.92 Å². The maximum atomic E-state index is 11.7. The third-order valence-electron chi connectivity index (χ3n) is 2.68. The number of carboxylic acid groups (broad SMARTS) is 1. The zero-order chi connectivity index (χ0) is 14.6. The van der Waals surface area contributed by atoms with Crippen LogP contribution in [0.3, 0.4) is 0 Å². The van der Waals surface area contributed by atoms with Gasteiger partial charge in [-0.3, -0.25) is 4.79 Å². The van der Waals surface area contributed by atoms with E-state index in [0.717, 1.165) is 6.26 Å². The number of hydrogen-bond acceptors (Lipinski definition) is 4. The van der Waals surface area contributed by atoms with Gasteiger partial charge >= 0.3 is 5.97 Å². The maximum Gasteiger partial charge on any atom is 0.330 e. The van der Waals surface area contributed by atoms with Crippen molar-refractivity contribution in [3.8, 4) is 0 Å². The van der Waals surface area contributed by atoms with Gasteiger partial charge in [0.2, 0.25) is 5.91 Å². The van der Waals surface area contributed by atoms with Crippen LogP contribution in [0.2, 0.25) is 0 Å². The van der Waals surface area contributed by atoms with Gasteiger partial charge in [0.25, 0.3) is 0 Å². The van der Waals surface area contributed by atoms with Crippen LogP contribution in [-0.2, 0) is 19.4 Å². The van der Waals surface area contributed by atoms with Crippen LogP contribution in [0.4, 0.5) is 0 Å². The van der Waals surface area contributed by atoms with E-state index in [2.05, 4.69) is 5.32 Å². The van der Waals surface area contributed by atoms with E-state index in [0.29, 0.717) is 5.56 Å². The SMILES string of the molecule is CC(C(=O)NC(C(=O)O)c1ccccc1)S(C)(=O)=O. The summed E-state index contributed by atoms with van der Waals surface area (Å²) in [5.41, 5.74) is 0.379. The van der Waals surface area contributed by atoms with Crippen molar-refractivity contribution in [1.82, 2.24) is 5.32 Å². The molecule has 0 saturated carbocycles. The molecule has 0 spiro atoms. The van der Waals surface area contributed by atoms with E-state index in [9.17, 15) is 18.0 Å². The van der Waals surface area contributed by atoms with E-state index in [1.807, 2.05) is 0 Å². The quantitative estimate of drug-likeness (QED) is 0.813. The number of carbonyl (C=O) groups excluding carboxylic acids is 1. The van der Waals surface area contributed by atoms with Crippen molar-refractivity contribution in [3.05, 3.63) is 35.9 Å². The monoisotopic (exact) mass is 285 g/mol. The molecule has 1 aromatic carbocycles. The number of aliphatic carboxylic acids is 1. The highest BCUT2D eigenvalue weighted by Gasteiger charge is 2.28. The van der Waals surface area contributed by atoms with E-state index >= 15 is 0 Å². The highest BCUT2D eigenvalue weighted by molar-refractivity contribution is 7.92. The van der Waals surface area contributed by atoms with Gasteiger partial charge in [-0.15, -0.1) is 0 Å². The first-order chi connectivity index (χ1) is 8.73. The molecule has 0 bridgehead atoms. The zero-order valence-electron chi connectivity index (χ0n) is 10.5. The molecule has 0 aromatic heterocycles. The van der Waals surface area contributed by atoms with Crippen molar-refractivity contribution < 1.29 is 23.1 Å². The average molecular weight is 285 g/mol. The van der Waals surface area contributed by atoms with Crippen LogP contribution in [0, 0.1) is 0 Å². The standard InChI is InChI=1S/C12H15NO5S/c1-8(19(2,17)18)11(14)13-10(12(15)16)9-6-4-3-5-7-9/h3-8,10H,1-2H3,(H,13,14)(H,15,16). The first-order valence-electron chi connectivity index (χ1n) is 5.50. The second-order valence-electron chi connectivity index (χ2n) is 4.16. The number of carbonyl (C=O) groups is 2. The average Bonchev–Trinajstić information content (AvgIpc) is 2.34. The molecule has 1 amide bonds. The number of rotatable bonds is 5. The molecule has 2 atom stereocenters. The normalized spacial score (nSPS) is 14.4. The lowest BCUT2D eigenvalue weighted by Crippen LogP contribution is -2.42. The first kappa shape index (κ1) is 15.2. The van der Waals surface area contributed by atoms with Crippen LogP contribution in [0.15, 0.2) is 30.3 Å². The van der Waals surface area contributed by atoms with Crippen molar-refractivity contribution in [2.45, 2.75) is 18.2 Å². The largest absolute Gasteiger partial charge is 0.479 e. The molecule has 2 N–H and O–H groups in total. The molecule has 0 aliphatic rings. The molecule has 19 heavy (non-hydrogen) atoms. The fourth-order valence-electron chi connectivity index (χ4n) is 1.39. The summed E-state index contributed by atoms with van der Waals surface area (Å²) in [6.45, 7) is 1.22. The lowest BCUT2D eigenvalue weighted by Gasteiger charge is -2.17. The number of carboxylic acids is 1. The molecule has 0 saturated heterocycles. The third-order valence-corrected chi connectivity index (χ3v) is 4.18. The Morgan fingerprint density at radius 1 is 1.21 bits per heavy atom. The molecule has 1 aromatic rings. The predicted octanol–water partition coefficient (Wildman–Crippen LogP) is 0.362. The van der Waals surface area contributed by atoms with E-state index < -0.39 is 33.0 Å². The summed E-state index contributed by atoms with van der Waals surface area (Å²) >= 11 is 0. The highest BCUT2D eigenvalue weighted by atomic mass is 32.2. The van der Waals surface area contributed by atoms with E-state index in [-0.39, 0.29) is 0 Å². The van der Waals surface area contributed by atoms with E-state index in [4.69, 9.17) is 5.11 Å². The van der Waals surface area contributed by atoms with Gasteiger partial charge in [0.05, 0.1) is 0 Å². The van der Waals surface area contributed by atoms with Gasteiger partial charge in [-0.05, 0) is 12.5 Å². The second kappa shape index (κ2) is 5.83. The van der Waals surface area contributed by atoms with Gasteiger partial charge in [0.15, 0.2) is 15.9 Å². The van der Waals surface area contributed by atoms with Gasteiger partial charge in [0, 0.05) is 6.26 Å². The fourth-order valence-corrected chi connectivity index (χ4v) is 1.84. The molecule has 6 nitrogen and oxygen atoms in total. The lowest BCUT2D eigenvalue weighted by molar-refractivity contribution is -0.141. The number of nitrogens with one attached hydrogen (secondary N) is 1. The van der Waals surface area contributed by atoms with Gasteiger partial charge in [-0.2, -0.15) is 0 Å². The highest BCUT2D eigenvalue weighted by Crippen LogP contribution is 2.13. The minimum Gasteiger partial charge on any atom is -0.479 e. The van der Waals surface area contributed by atoms with Crippen molar-refractivity contribution in [1.29, 1.82) is 0 Å². The Morgan fingerprint density at radius 3 is 2.16 bits per heavy atom. The van der Waals surface area contributed by atoms with Crippen LogP contribution >= 0.6 is 0 Å². The molecular formula is C12H15NO5S. The first-order valence-corrected chi connectivity index (χ1v) is 7.46. The van der Waals surface area contributed by atoms with Crippen LogP contribution in [0.1, 0.15) is 18.5 Å². The molecule has 0 aliphatic heterocycles. The summed E-state index contributed by atoms with van der Waals surface area (Å²) in [6.07, 6.45) is 0.926. The van der Waals surface area contributed by atoms with Crippen molar-refractivity contribution in [2.75, 3.05) is 6.26 Å². The third kappa shape index (κ3) is 4.06. The Morgan fingerprint density at radius 2 is 1.74 bits per heavy atom. The number of amides is 1. The van der Waals surface area contributed by atoms with Gasteiger partial charge < -0.3 is 10.4 Å². The van der Waals surface area contributed by atoms with Gasteiger partial charge in [-0.1, -0.05) is 30.3 Å². The summed E-state index contributed by atoms with van der Waals surface area (Å²) < 4.78 is 22.5. The molecule has 0 aliphatic carbocycles. The maximum absolute atomic E-state index is 11.7. The smallest absolute Gasteiger partial charge is 0.330 e. The summed E-state index contributed by atoms with van der Waals surface area (Å²) in [5.74, 6) is -2.08. The Labute approximate surface area is 111 Å². The van der Waals surface area contributed by atoms with Crippen LogP contribution < -0.4 is 5.32 Å². The zero-order valence-corrected chi connectivity index (χ0v) is 11.3. The van der Waals surface area contributed by atoms with Crippen molar-refractivity contribution in [2.24, 2.45) is 0 Å². The lowest BCUT2D eigenvalue weighted by atomic mass is 10.1. The summed E-state index contributed by atoms with van der Waals surface area (Å²) in [5, 5.41) is 10.0. The summed E-state index contributed by atoms with van der Waals surface area (Å²) in [7, 11) is -3.56. The molecule has 0 radical (unpaired) electrons. The predicted molar refractivity (Wildman–Crippen MR) is 69.3 cm³/mol. The second-order valence-corrected chi connectivity index (χ2v) is 6.53. The number of benzene rings is 1. The Hall–Kier alpha value is -1.89. The Bertz CT molecular complexity index is 567. The minimum atomic E-state index is -3.56. The number of sulfone groups is 1. The topological polar surface area (TPSA) is 101 Å². The molecule has 1 rings (SSSR count). The summed E-state index contributed by atoms with van der Waals surface area (Å²) in [4.78, 5) is 22.9. The minimum absolute atomic E-state index is 0.379. The van der Waals surface area contributed by atoms with Gasteiger partial charge in [0.1, 0.15) is 5.25 Å². The van der Waals surface area contributed by atoms with E-state index in [1.54, 1.807) is 30.3 Å². The molecular weight excluding hydrogens is 270 g/mol. The molecule has 7 heteroatoms. The summed E-state index contributed by atoms with van der Waals surface area (Å²) in [6, 6.07) is 6.81. The molecule has 0 fully saturated rings. The molecule has 0 heterocycles. The van der Waals surface area contributed by atoms with Crippen molar-refractivity contribution in [3.63, 3.8) is 0 Å². The Kier molecular flexibility index (Phi) is 4.66. The number of hydrogen-bond donors (Lipinski definition) is 2. The van der Waals surface area contributed by atoms with Crippen LogP contribution in [0.25, 0.3) is 0 Å². The molecule has 2 unspecified atom stereocenters. The molecule has 104 valence electrons. The van der Waals surface area contributed by atoms with Crippen molar-refractivity contribution >= 4 is 21.7 Å². The fraction of sp³-hybridized carbons (Fsp3) is 0.333. The van der Waals surface area contributed by atoms with Gasteiger partial charge in [-0.25, -0.2) is 13.2 Å². The van der Waals surface area contributed by atoms with Crippen LogP contribution in [0.5, 0.6) is 0 Å². The van der Waals surface area contributed by atoms with Crippen LogP contribution in [-0.4, -0.2) is 36.9 Å². The Balaban J connectivity index is 2.93.